The van der Waals surface area contributed by atoms with E-state index in [1.54, 1.807) is 26.8 Å². The summed E-state index contributed by atoms with van der Waals surface area (Å²) in [4.78, 5) is 49.4. The maximum atomic E-state index is 12.7. The third-order valence-electron chi connectivity index (χ3n) is 5.36. The zero-order valence-electron chi connectivity index (χ0n) is 18.3. The number of amides is 3. The molecule has 2 rings (SSSR count). The van der Waals surface area contributed by atoms with Gasteiger partial charge in [0.1, 0.15) is 18.7 Å². The minimum Gasteiger partial charge on any atom is -0.445 e. The summed E-state index contributed by atoms with van der Waals surface area (Å²) in [5, 5.41) is 8.06. The summed E-state index contributed by atoms with van der Waals surface area (Å²) >= 11 is 0. The van der Waals surface area contributed by atoms with Gasteiger partial charge in [0.15, 0.2) is 5.78 Å². The zero-order valence-corrected chi connectivity index (χ0v) is 18.3. The molecule has 0 aromatic carbocycles. The number of nitrogens with two attached hydrogens (primary N) is 1. The van der Waals surface area contributed by atoms with E-state index in [0.717, 1.165) is 12.0 Å². The van der Waals surface area contributed by atoms with Crippen LogP contribution in [-0.2, 0) is 19.1 Å². The molecule has 2 aliphatic rings. The van der Waals surface area contributed by atoms with E-state index in [0.29, 0.717) is 30.5 Å². The fourth-order valence-corrected chi connectivity index (χ4v) is 3.70. The number of ether oxygens (including phenoxy) is 1. The lowest BCUT2D eigenvalue weighted by atomic mass is 9.80. The molecule has 0 saturated carbocycles. The number of carbonyl (C=O) groups is 4. The smallest absolute Gasteiger partial charge is 0.408 e. The molecule has 3 atom stereocenters. The summed E-state index contributed by atoms with van der Waals surface area (Å²) < 4.78 is 4.87. The largest absolute Gasteiger partial charge is 0.445 e. The normalized spacial score (nSPS) is 20.2. The number of nitrogens with one attached hydrogen (secondary N) is 3. The predicted molar refractivity (Wildman–Crippen MR) is 116 cm³/mol. The lowest BCUT2D eigenvalue weighted by molar-refractivity contribution is -0.130. The van der Waals surface area contributed by atoms with E-state index in [9.17, 15) is 19.2 Å². The first kappa shape index (κ1) is 24.2. The highest BCUT2D eigenvalue weighted by Gasteiger charge is 2.32. The van der Waals surface area contributed by atoms with Gasteiger partial charge < -0.3 is 26.4 Å². The van der Waals surface area contributed by atoms with Crippen LogP contribution in [0.5, 0.6) is 0 Å². The second-order valence-corrected chi connectivity index (χ2v) is 8.12. The highest BCUT2D eigenvalue weighted by atomic mass is 16.5. The van der Waals surface area contributed by atoms with Gasteiger partial charge in [0, 0.05) is 17.7 Å². The second kappa shape index (κ2) is 10.8. The Bertz CT molecular complexity index is 815. The molecule has 0 aromatic heterocycles. The van der Waals surface area contributed by atoms with Crippen molar-refractivity contribution in [2.45, 2.75) is 64.6 Å². The first-order valence-electron chi connectivity index (χ1n) is 10.5. The van der Waals surface area contributed by atoms with Gasteiger partial charge in [-0.2, -0.15) is 0 Å². The number of hydrogen-bond donors (Lipinski definition) is 4. The van der Waals surface area contributed by atoms with E-state index in [4.69, 9.17) is 10.5 Å². The van der Waals surface area contributed by atoms with Gasteiger partial charge in [0.25, 0.3) is 0 Å². The van der Waals surface area contributed by atoms with Crippen molar-refractivity contribution in [3.63, 3.8) is 0 Å². The first-order chi connectivity index (χ1) is 14.6. The van der Waals surface area contributed by atoms with Crippen LogP contribution in [0.3, 0.4) is 0 Å². The fraction of sp³-hybridized carbons (Fsp3) is 0.545. The number of Topliss-reactive ketones (excluding diaryl/α,β-unsaturated/α-hetero) is 1. The summed E-state index contributed by atoms with van der Waals surface area (Å²) in [6.45, 7) is 8.60. The molecule has 0 spiro atoms. The first-order valence-corrected chi connectivity index (χ1v) is 10.5. The zero-order chi connectivity index (χ0) is 23.1. The maximum absolute atomic E-state index is 12.7. The van der Waals surface area contributed by atoms with Crippen LogP contribution in [0.15, 0.2) is 35.6 Å². The Morgan fingerprint density at radius 3 is 2.58 bits per heavy atom. The third-order valence-corrected chi connectivity index (χ3v) is 5.36. The second-order valence-electron chi connectivity index (χ2n) is 8.12. The summed E-state index contributed by atoms with van der Waals surface area (Å²) in [5.74, 6) is -1.09. The molecule has 170 valence electrons. The summed E-state index contributed by atoms with van der Waals surface area (Å²) in [6.07, 6.45) is 4.82. The van der Waals surface area contributed by atoms with Crippen molar-refractivity contribution in [1.82, 2.24) is 16.0 Å². The van der Waals surface area contributed by atoms with Gasteiger partial charge in [-0.05, 0) is 37.7 Å². The van der Waals surface area contributed by atoms with E-state index in [1.165, 1.54) is 6.08 Å². The molecule has 5 N–H and O–H groups in total. The van der Waals surface area contributed by atoms with Crippen LogP contribution in [0.4, 0.5) is 4.79 Å². The summed E-state index contributed by atoms with van der Waals surface area (Å²) in [7, 11) is 0. The highest BCUT2D eigenvalue weighted by Crippen LogP contribution is 2.32. The van der Waals surface area contributed by atoms with Crippen molar-refractivity contribution in [3.8, 4) is 0 Å². The Balaban J connectivity index is 1.99. The molecule has 1 unspecified atom stereocenters. The quantitative estimate of drug-likeness (QED) is 0.425. The molecule has 3 amide bonds. The predicted octanol–water partition coefficient (Wildman–Crippen LogP) is 1.21. The Hall–Kier alpha value is -3.10. The van der Waals surface area contributed by atoms with Gasteiger partial charge in [-0.25, -0.2) is 4.79 Å². The Kier molecular flexibility index (Phi) is 8.41. The van der Waals surface area contributed by atoms with Crippen LogP contribution in [0.1, 0.15) is 46.5 Å². The van der Waals surface area contributed by atoms with Crippen LogP contribution in [-0.4, -0.2) is 48.4 Å². The Morgan fingerprint density at radius 2 is 1.94 bits per heavy atom. The minimum absolute atomic E-state index is 0.00416. The lowest BCUT2D eigenvalue weighted by Gasteiger charge is -2.31. The van der Waals surface area contributed by atoms with Crippen molar-refractivity contribution in [3.05, 3.63) is 35.6 Å². The topological polar surface area (TPSA) is 140 Å². The van der Waals surface area contributed by atoms with Crippen LogP contribution < -0.4 is 21.7 Å². The molecule has 0 bridgehead atoms. The average Bonchev–Trinajstić information content (AvgIpc) is 2.72. The van der Waals surface area contributed by atoms with Crippen molar-refractivity contribution in [1.29, 1.82) is 0 Å². The Morgan fingerprint density at radius 1 is 1.23 bits per heavy atom. The van der Waals surface area contributed by atoms with E-state index >= 15 is 0 Å². The van der Waals surface area contributed by atoms with E-state index in [2.05, 4.69) is 22.5 Å². The number of carbonyl (C=O) groups excluding carboxylic acids is 4. The van der Waals surface area contributed by atoms with Crippen LogP contribution in [0.2, 0.25) is 0 Å². The molecular weight excluding hydrogens is 400 g/mol. The highest BCUT2D eigenvalue weighted by molar-refractivity contribution is 6.01. The molecule has 2 aliphatic carbocycles. The molecule has 0 aromatic rings. The van der Waals surface area contributed by atoms with Gasteiger partial charge in [-0.15, -0.1) is 0 Å². The van der Waals surface area contributed by atoms with Crippen LogP contribution in [0.25, 0.3) is 0 Å². The number of alkyl carbamates (subject to hydrolysis) is 1. The van der Waals surface area contributed by atoms with Crippen molar-refractivity contribution in [2.24, 2.45) is 11.7 Å². The lowest BCUT2D eigenvalue weighted by Crippen LogP contribution is -2.55. The van der Waals surface area contributed by atoms with Crippen molar-refractivity contribution in [2.75, 3.05) is 6.61 Å². The van der Waals surface area contributed by atoms with Crippen LogP contribution in [0, 0.1) is 5.92 Å². The number of hydrogen-bond acceptors (Lipinski definition) is 6. The standard InChI is InChI=1S/C22H32N4O5/c1-5-11-31-22(30)26-19(12(2)3)21(29)24-13(4)20(28)25-16-10-9-15(23)18-14(16)7-6-8-17(18)27/h5,9,12-13,16,19H,1,6-8,10-11,23H2,2-4H3,(H,24,29)(H,25,28)(H,26,30)/t13-,16?,19-/m0/s1. The van der Waals surface area contributed by atoms with Gasteiger partial charge >= 0.3 is 6.09 Å². The minimum atomic E-state index is -0.866. The summed E-state index contributed by atoms with van der Waals surface area (Å²) in [6, 6.07) is -2.03. The molecular formula is C22H32N4O5. The molecule has 0 radical (unpaired) electrons. The van der Waals surface area contributed by atoms with Crippen molar-refractivity contribution >= 4 is 23.7 Å². The molecule has 9 heteroatoms. The fourth-order valence-electron chi connectivity index (χ4n) is 3.70. The van der Waals surface area contributed by atoms with Crippen LogP contribution >= 0.6 is 0 Å². The van der Waals surface area contributed by atoms with Gasteiger partial charge in [0.2, 0.25) is 11.8 Å². The van der Waals surface area contributed by atoms with E-state index < -0.39 is 24.1 Å². The molecule has 31 heavy (non-hydrogen) atoms. The number of ketones is 1. The van der Waals surface area contributed by atoms with Gasteiger partial charge in [0.05, 0.1) is 6.04 Å². The molecule has 0 saturated heterocycles. The number of rotatable bonds is 8. The molecule has 0 aliphatic heterocycles. The van der Waals surface area contributed by atoms with Crippen molar-refractivity contribution < 1.29 is 23.9 Å². The average molecular weight is 433 g/mol. The molecule has 9 nitrogen and oxygen atoms in total. The molecule has 0 fully saturated rings. The summed E-state index contributed by atoms with van der Waals surface area (Å²) in [5.41, 5.74) is 7.85. The van der Waals surface area contributed by atoms with E-state index in [1.807, 2.05) is 0 Å². The SMILES string of the molecule is C=CCOC(=O)N[C@H](C(=O)N[C@@H](C)C(=O)NC1CC=C(N)C2=C1CCCC2=O)C(C)C. The van der Waals surface area contributed by atoms with Gasteiger partial charge in [-0.1, -0.05) is 32.6 Å². The number of allylic oxidation sites excluding steroid dienone is 1. The Labute approximate surface area is 182 Å². The maximum Gasteiger partial charge on any atom is 0.408 e. The van der Waals surface area contributed by atoms with E-state index in [-0.39, 0.29) is 30.3 Å². The molecule has 0 heterocycles. The van der Waals surface area contributed by atoms with Gasteiger partial charge in [-0.3, -0.25) is 14.4 Å². The monoisotopic (exact) mass is 432 g/mol. The third kappa shape index (κ3) is 6.19.